The molecule has 0 heterocycles. The summed E-state index contributed by atoms with van der Waals surface area (Å²) < 4.78 is 0. The second-order valence-electron chi connectivity index (χ2n) is 3.44. The summed E-state index contributed by atoms with van der Waals surface area (Å²) in [6, 6.07) is 6.37. The van der Waals surface area contributed by atoms with E-state index in [1.165, 1.54) is 16.7 Å². The van der Waals surface area contributed by atoms with Gasteiger partial charge in [0, 0.05) is 6.04 Å². The van der Waals surface area contributed by atoms with Crippen molar-refractivity contribution < 1.29 is 0 Å². The van der Waals surface area contributed by atoms with Gasteiger partial charge in [0.1, 0.15) is 0 Å². The van der Waals surface area contributed by atoms with Gasteiger partial charge in [-0.25, -0.2) is 0 Å². The van der Waals surface area contributed by atoms with E-state index in [4.69, 9.17) is 5.73 Å². The minimum atomic E-state index is 0.0960. The van der Waals surface area contributed by atoms with Crippen molar-refractivity contribution >= 4 is 0 Å². The van der Waals surface area contributed by atoms with Crippen molar-refractivity contribution in [1.82, 2.24) is 0 Å². The SMILES string of the molecule is C=CC[C@H](N)c1c(C)cccc1C. The number of rotatable bonds is 3. The molecule has 0 aliphatic carbocycles. The van der Waals surface area contributed by atoms with Crippen LogP contribution in [0.1, 0.15) is 29.2 Å². The van der Waals surface area contributed by atoms with Crippen molar-refractivity contribution in [1.29, 1.82) is 0 Å². The second kappa shape index (κ2) is 4.24. The van der Waals surface area contributed by atoms with Crippen molar-refractivity contribution in [2.24, 2.45) is 5.73 Å². The van der Waals surface area contributed by atoms with E-state index in [2.05, 4.69) is 38.6 Å². The maximum atomic E-state index is 6.04. The molecule has 70 valence electrons. The van der Waals surface area contributed by atoms with Crippen molar-refractivity contribution in [3.05, 3.63) is 47.5 Å². The first-order chi connectivity index (χ1) is 6.16. The van der Waals surface area contributed by atoms with E-state index in [0.717, 1.165) is 6.42 Å². The van der Waals surface area contributed by atoms with Crippen molar-refractivity contribution in [3.8, 4) is 0 Å². The van der Waals surface area contributed by atoms with Crippen LogP contribution in [-0.2, 0) is 0 Å². The van der Waals surface area contributed by atoms with Gasteiger partial charge in [0.05, 0.1) is 0 Å². The maximum Gasteiger partial charge on any atom is 0.0334 e. The lowest BCUT2D eigenvalue weighted by Gasteiger charge is -2.15. The summed E-state index contributed by atoms with van der Waals surface area (Å²) in [6.07, 6.45) is 2.71. The molecule has 0 aromatic heterocycles. The molecule has 0 radical (unpaired) electrons. The van der Waals surface area contributed by atoms with Gasteiger partial charge >= 0.3 is 0 Å². The van der Waals surface area contributed by atoms with E-state index in [0.29, 0.717) is 0 Å². The summed E-state index contributed by atoms with van der Waals surface area (Å²) in [5.41, 5.74) is 9.85. The van der Waals surface area contributed by atoms with Crippen LogP contribution in [0.25, 0.3) is 0 Å². The zero-order valence-electron chi connectivity index (χ0n) is 8.38. The van der Waals surface area contributed by atoms with Gasteiger partial charge in [-0.05, 0) is 37.0 Å². The fraction of sp³-hybridized carbons (Fsp3) is 0.333. The molecule has 13 heavy (non-hydrogen) atoms. The number of aryl methyl sites for hydroxylation is 2. The molecule has 1 aromatic carbocycles. The highest BCUT2D eigenvalue weighted by molar-refractivity contribution is 5.36. The molecule has 1 atom stereocenters. The largest absolute Gasteiger partial charge is 0.324 e. The lowest BCUT2D eigenvalue weighted by molar-refractivity contribution is 0.730. The standard InChI is InChI=1S/C12H17N/c1-4-6-11(13)12-9(2)7-5-8-10(12)3/h4-5,7-8,11H,1,6,13H2,2-3H3/t11-/m0/s1. The fourth-order valence-corrected chi connectivity index (χ4v) is 1.71. The highest BCUT2D eigenvalue weighted by Gasteiger charge is 2.09. The van der Waals surface area contributed by atoms with E-state index in [1.54, 1.807) is 0 Å². The zero-order chi connectivity index (χ0) is 9.84. The molecule has 0 spiro atoms. The van der Waals surface area contributed by atoms with Crippen LogP contribution in [0.5, 0.6) is 0 Å². The third kappa shape index (κ3) is 2.19. The smallest absolute Gasteiger partial charge is 0.0334 e. The minimum Gasteiger partial charge on any atom is -0.324 e. The van der Waals surface area contributed by atoms with E-state index in [-0.39, 0.29) is 6.04 Å². The van der Waals surface area contributed by atoms with Crippen LogP contribution in [0.2, 0.25) is 0 Å². The molecular weight excluding hydrogens is 158 g/mol. The normalized spacial score (nSPS) is 12.5. The Morgan fingerprint density at radius 2 is 1.92 bits per heavy atom. The maximum absolute atomic E-state index is 6.04. The van der Waals surface area contributed by atoms with Gasteiger partial charge in [-0.1, -0.05) is 24.3 Å². The summed E-state index contributed by atoms with van der Waals surface area (Å²) >= 11 is 0. The van der Waals surface area contributed by atoms with Crippen LogP contribution in [0, 0.1) is 13.8 Å². The Balaban J connectivity index is 3.04. The van der Waals surface area contributed by atoms with Crippen molar-refractivity contribution in [2.45, 2.75) is 26.3 Å². The molecule has 0 saturated heterocycles. The van der Waals surface area contributed by atoms with Crippen LogP contribution >= 0.6 is 0 Å². The lowest BCUT2D eigenvalue weighted by Crippen LogP contribution is -2.12. The molecule has 0 amide bonds. The molecule has 1 nitrogen and oxygen atoms in total. The molecule has 0 aliphatic rings. The van der Waals surface area contributed by atoms with Crippen molar-refractivity contribution in [3.63, 3.8) is 0 Å². The van der Waals surface area contributed by atoms with Gasteiger partial charge < -0.3 is 5.73 Å². The Morgan fingerprint density at radius 1 is 1.38 bits per heavy atom. The monoisotopic (exact) mass is 175 g/mol. The third-order valence-electron chi connectivity index (χ3n) is 2.33. The van der Waals surface area contributed by atoms with Gasteiger partial charge in [0.25, 0.3) is 0 Å². The molecule has 1 heteroatoms. The molecule has 2 N–H and O–H groups in total. The molecule has 0 unspecified atom stereocenters. The van der Waals surface area contributed by atoms with E-state index >= 15 is 0 Å². The van der Waals surface area contributed by atoms with Crippen molar-refractivity contribution in [2.75, 3.05) is 0 Å². The predicted octanol–water partition coefficient (Wildman–Crippen LogP) is 2.88. The Kier molecular flexibility index (Phi) is 3.26. The number of hydrogen-bond acceptors (Lipinski definition) is 1. The minimum absolute atomic E-state index is 0.0960. The van der Waals surface area contributed by atoms with E-state index in [1.807, 2.05) is 6.08 Å². The third-order valence-corrected chi connectivity index (χ3v) is 2.33. The summed E-state index contributed by atoms with van der Waals surface area (Å²) in [7, 11) is 0. The average molecular weight is 175 g/mol. The molecule has 1 aromatic rings. The van der Waals surface area contributed by atoms with Gasteiger partial charge in [-0.15, -0.1) is 6.58 Å². The van der Waals surface area contributed by atoms with E-state index < -0.39 is 0 Å². The first kappa shape index (κ1) is 10.0. The summed E-state index contributed by atoms with van der Waals surface area (Å²) in [5.74, 6) is 0. The van der Waals surface area contributed by atoms with Gasteiger partial charge in [-0.3, -0.25) is 0 Å². The van der Waals surface area contributed by atoms with Crippen LogP contribution in [0.15, 0.2) is 30.9 Å². The Morgan fingerprint density at radius 3 is 2.38 bits per heavy atom. The molecular formula is C12H17N. The zero-order valence-corrected chi connectivity index (χ0v) is 8.38. The topological polar surface area (TPSA) is 26.0 Å². The fourth-order valence-electron chi connectivity index (χ4n) is 1.71. The van der Waals surface area contributed by atoms with Gasteiger partial charge in [0.2, 0.25) is 0 Å². The molecule has 0 bridgehead atoms. The highest BCUT2D eigenvalue weighted by atomic mass is 14.6. The second-order valence-corrected chi connectivity index (χ2v) is 3.44. The molecule has 0 saturated carbocycles. The lowest BCUT2D eigenvalue weighted by atomic mass is 9.95. The van der Waals surface area contributed by atoms with Gasteiger partial charge in [0.15, 0.2) is 0 Å². The predicted molar refractivity (Wildman–Crippen MR) is 57.7 cm³/mol. The molecule has 0 fully saturated rings. The van der Waals surface area contributed by atoms with Crippen LogP contribution in [0.4, 0.5) is 0 Å². The quantitative estimate of drug-likeness (QED) is 0.702. The van der Waals surface area contributed by atoms with Crippen LogP contribution in [0.3, 0.4) is 0 Å². The number of nitrogens with two attached hydrogens (primary N) is 1. The average Bonchev–Trinajstić information content (AvgIpc) is 2.04. The first-order valence-electron chi connectivity index (χ1n) is 4.59. The van der Waals surface area contributed by atoms with Gasteiger partial charge in [-0.2, -0.15) is 0 Å². The highest BCUT2D eigenvalue weighted by Crippen LogP contribution is 2.22. The number of hydrogen-bond donors (Lipinski definition) is 1. The van der Waals surface area contributed by atoms with E-state index in [9.17, 15) is 0 Å². The van der Waals surface area contributed by atoms with Crippen LogP contribution in [-0.4, -0.2) is 0 Å². The Hall–Kier alpha value is -1.08. The Bertz CT molecular complexity index is 282. The summed E-state index contributed by atoms with van der Waals surface area (Å²) in [4.78, 5) is 0. The molecule has 1 rings (SSSR count). The summed E-state index contributed by atoms with van der Waals surface area (Å²) in [5, 5.41) is 0. The number of benzene rings is 1. The molecule has 0 aliphatic heterocycles. The summed E-state index contributed by atoms with van der Waals surface area (Å²) in [6.45, 7) is 7.91. The van der Waals surface area contributed by atoms with Crippen LogP contribution < -0.4 is 5.73 Å². The first-order valence-corrected chi connectivity index (χ1v) is 4.59. The Labute approximate surface area is 80.3 Å².